The Balaban J connectivity index is 1.93. The Hall–Kier alpha value is -2.82. The number of halogens is 3. The van der Waals surface area contributed by atoms with Crippen LogP contribution >= 0.6 is 0 Å². The highest BCUT2D eigenvalue weighted by atomic mass is 19.4. The molecule has 3 aromatic carbocycles. The van der Waals surface area contributed by atoms with E-state index in [1.54, 1.807) is 24.3 Å². The van der Waals surface area contributed by atoms with Gasteiger partial charge in [0.1, 0.15) is 0 Å². The van der Waals surface area contributed by atoms with E-state index in [0.717, 1.165) is 16.3 Å². The van der Waals surface area contributed by atoms with Gasteiger partial charge in [0.25, 0.3) is 0 Å². The summed E-state index contributed by atoms with van der Waals surface area (Å²) in [5.41, 5.74) is 1.67. The van der Waals surface area contributed by atoms with Crippen molar-refractivity contribution in [2.45, 2.75) is 12.7 Å². The van der Waals surface area contributed by atoms with Crippen LogP contribution in [-0.2, 0) is 12.7 Å². The summed E-state index contributed by atoms with van der Waals surface area (Å²) in [6.07, 6.45) is -4.50. The Kier molecular flexibility index (Phi) is 3.30. The predicted octanol–water partition coefficient (Wildman–Crippen LogP) is 5.26. The van der Waals surface area contributed by atoms with Gasteiger partial charge in [-0.3, -0.25) is 0 Å². The summed E-state index contributed by atoms with van der Waals surface area (Å²) in [5.74, 6) is -0.864. The Morgan fingerprint density at radius 2 is 1.54 bits per heavy atom. The molecule has 0 radical (unpaired) electrons. The number of nitrogens with zero attached hydrogens (tertiary/aromatic N) is 2. The molecule has 0 atom stereocenters. The van der Waals surface area contributed by atoms with Crippen LogP contribution in [0.25, 0.3) is 21.8 Å². The van der Waals surface area contributed by atoms with E-state index < -0.39 is 12.0 Å². The van der Waals surface area contributed by atoms with Gasteiger partial charge in [-0.15, -0.1) is 0 Å². The Morgan fingerprint density at radius 3 is 2.38 bits per heavy atom. The lowest BCUT2D eigenvalue weighted by Gasteiger charge is -2.13. The zero-order chi connectivity index (χ0) is 16.7. The number of hydrogen-bond acceptors (Lipinski definition) is 1. The second-order valence-corrected chi connectivity index (χ2v) is 5.65. The van der Waals surface area contributed by atoms with E-state index >= 15 is 0 Å². The minimum atomic E-state index is -4.50. The average Bonchev–Trinajstić information content (AvgIpc) is 2.94. The molecule has 0 unspecified atom stereocenters. The number of fused-ring (bicyclic) bond motifs is 2. The molecule has 2 nitrogen and oxygen atoms in total. The molecule has 120 valence electrons. The molecule has 5 heteroatoms. The third-order valence-corrected chi connectivity index (χ3v) is 4.12. The van der Waals surface area contributed by atoms with Crippen molar-refractivity contribution in [3.8, 4) is 0 Å². The summed E-state index contributed by atoms with van der Waals surface area (Å²) in [7, 11) is 0. The summed E-state index contributed by atoms with van der Waals surface area (Å²) < 4.78 is 41.5. The number of imidazole rings is 1. The van der Waals surface area contributed by atoms with E-state index in [9.17, 15) is 13.2 Å². The van der Waals surface area contributed by atoms with Crippen molar-refractivity contribution in [3.63, 3.8) is 0 Å². The second kappa shape index (κ2) is 5.37. The molecular formula is C19H13F3N2. The Bertz CT molecular complexity index is 1030. The first kappa shape index (κ1) is 14.8. The van der Waals surface area contributed by atoms with Gasteiger partial charge in [-0.25, -0.2) is 4.98 Å². The van der Waals surface area contributed by atoms with E-state index in [4.69, 9.17) is 0 Å². The largest absolute Gasteiger partial charge is 0.449 e. The van der Waals surface area contributed by atoms with Crippen molar-refractivity contribution in [2.75, 3.05) is 0 Å². The molecule has 0 aliphatic carbocycles. The zero-order valence-electron chi connectivity index (χ0n) is 12.6. The quantitative estimate of drug-likeness (QED) is 0.491. The van der Waals surface area contributed by atoms with Gasteiger partial charge in [0.15, 0.2) is 0 Å². The van der Waals surface area contributed by atoms with Gasteiger partial charge in [-0.1, -0.05) is 54.6 Å². The highest BCUT2D eigenvalue weighted by molar-refractivity contribution is 5.86. The van der Waals surface area contributed by atoms with Crippen LogP contribution in [0, 0.1) is 0 Å². The topological polar surface area (TPSA) is 17.8 Å². The van der Waals surface area contributed by atoms with Crippen LogP contribution in [0.15, 0.2) is 66.7 Å². The van der Waals surface area contributed by atoms with Crippen LogP contribution in [0.5, 0.6) is 0 Å². The van der Waals surface area contributed by atoms with Crippen molar-refractivity contribution in [3.05, 3.63) is 78.1 Å². The maximum absolute atomic E-state index is 13.4. The van der Waals surface area contributed by atoms with Crippen molar-refractivity contribution in [2.24, 2.45) is 0 Å². The molecule has 4 rings (SSSR count). The molecule has 24 heavy (non-hydrogen) atoms. The van der Waals surface area contributed by atoms with Crippen LogP contribution in [0.2, 0.25) is 0 Å². The van der Waals surface area contributed by atoms with Gasteiger partial charge in [0.05, 0.1) is 17.6 Å². The molecule has 1 aromatic heterocycles. The number of alkyl halides is 3. The number of para-hydroxylation sites is 2. The lowest BCUT2D eigenvalue weighted by molar-refractivity contribution is -0.146. The highest BCUT2D eigenvalue weighted by Gasteiger charge is 2.37. The summed E-state index contributed by atoms with van der Waals surface area (Å²) >= 11 is 0. The van der Waals surface area contributed by atoms with Crippen LogP contribution in [0.3, 0.4) is 0 Å². The molecule has 4 aromatic rings. The number of benzene rings is 3. The van der Waals surface area contributed by atoms with E-state index in [0.29, 0.717) is 11.0 Å². The molecule has 0 aliphatic rings. The smallest absolute Gasteiger partial charge is 0.316 e. The molecule has 1 heterocycles. The number of aromatic nitrogens is 2. The predicted molar refractivity (Wildman–Crippen MR) is 87.8 cm³/mol. The van der Waals surface area contributed by atoms with Crippen molar-refractivity contribution >= 4 is 21.8 Å². The van der Waals surface area contributed by atoms with Gasteiger partial charge in [0, 0.05) is 0 Å². The first-order chi connectivity index (χ1) is 11.5. The van der Waals surface area contributed by atoms with Crippen LogP contribution in [0.1, 0.15) is 11.4 Å². The number of hydrogen-bond donors (Lipinski definition) is 0. The standard InChI is InChI=1S/C19H13F3N2/c20-19(21,22)18-23-16-10-3-4-11-17(16)24(18)12-14-8-5-7-13-6-1-2-9-15(13)14/h1-11H,12H2. The first-order valence-electron chi connectivity index (χ1n) is 7.53. The second-order valence-electron chi connectivity index (χ2n) is 5.65. The first-order valence-corrected chi connectivity index (χ1v) is 7.53. The van der Waals surface area contributed by atoms with E-state index in [2.05, 4.69) is 4.98 Å². The van der Waals surface area contributed by atoms with E-state index in [1.807, 2.05) is 42.5 Å². The van der Waals surface area contributed by atoms with Crippen LogP contribution in [-0.4, -0.2) is 9.55 Å². The fourth-order valence-corrected chi connectivity index (χ4v) is 3.05. The lowest BCUT2D eigenvalue weighted by atomic mass is 10.0. The maximum Gasteiger partial charge on any atom is 0.449 e. The molecule has 0 saturated heterocycles. The molecule has 0 saturated carbocycles. The fourth-order valence-electron chi connectivity index (χ4n) is 3.05. The zero-order valence-corrected chi connectivity index (χ0v) is 12.6. The summed E-state index contributed by atoms with van der Waals surface area (Å²) in [6.45, 7) is 0.122. The molecule has 0 spiro atoms. The summed E-state index contributed by atoms with van der Waals surface area (Å²) in [4.78, 5) is 3.80. The fraction of sp³-hybridized carbons (Fsp3) is 0.105. The van der Waals surface area contributed by atoms with Crippen molar-refractivity contribution in [1.29, 1.82) is 0 Å². The van der Waals surface area contributed by atoms with Gasteiger partial charge in [-0.05, 0) is 28.5 Å². The average molecular weight is 326 g/mol. The molecule has 0 N–H and O–H groups in total. The normalized spacial score (nSPS) is 12.1. The lowest BCUT2D eigenvalue weighted by Crippen LogP contribution is -2.15. The molecule has 0 fully saturated rings. The van der Waals surface area contributed by atoms with E-state index in [1.165, 1.54) is 4.57 Å². The molecule has 0 bridgehead atoms. The van der Waals surface area contributed by atoms with Crippen molar-refractivity contribution < 1.29 is 13.2 Å². The molecular weight excluding hydrogens is 313 g/mol. The molecule has 0 amide bonds. The Morgan fingerprint density at radius 1 is 0.833 bits per heavy atom. The van der Waals surface area contributed by atoms with Gasteiger partial charge in [-0.2, -0.15) is 13.2 Å². The summed E-state index contributed by atoms with van der Waals surface area (Å²) in [5, 5.41) is 1.96. The third kappa shape index (κ3) is 2.42. The van der Waals surface area contributed by atoms with Crippen LogP contribution in [0.4, 0.5) is 13.2 Å². The van der Waals surface area contributed by atoms with Gasteiger partial charge < -0.3 is 4.57 Å². The highest BCUT2D eigenvalue weighted by Crippen LogP contribution is 2.32. The van der Waals surface area contributed by atoms with E-state index in [-0.39, 0.29) is 6.54 Å². The van der Waals surface area contributed by atoms with Crippen molar-refractivity contribution in [1.82, 2.24) is 9.55 Å². The molecule has 0 aliphatic heterocycles. The Labute approximate surface area is 136 Å². The SMILES string of the molecule is FC(F)(F)c1nc2ccccc2n1Cc1cccc2ccccc12. The summed E-state index contributed by atoms with van der Waals surface area (Å²) in [6, 6.07) is 20.1. The monoisotopic (exact) mass is 326 g/mol. The minimum absolute atomic E-state index is 0.122. The van der Waals surface area contributed by atoms with Gasteiger partial charge >= 0.3 is 6.18 Å². The van der Waals surface area contributed by atoms with Crippen LogP contribution < -0.4 is 0 Å². The number of rotatable bonds is 2. The maximum atomic E-state index is 13.4. The third-order valence-electron chi connectivity index (χ3n) is 4.12. The minimum Gasteiger partial charge on any atom is -0.316 e. The van der Waals surface area contributed by atoms with Gasteiger partial charge in [0.2, 0.25) is 5.82 Å².